The molecule has 0 spiro atoms. The maximum absolute atomic E-state index is 12.9. The van der Waals surface area contributed by atoms with Crippen molar-refractivity contribution in [3.05, 3.63) is 56.0 Å². The largest absolute Gasteiger partial charge is 0.464 e. The Kier molecular flexibility index (Phi) is 7.38. The lowest BCUT2D eigenvalue weighted by Gasteiger charge is -2.21. The summed E-state index contributed by atoms with van der Waals surface area (Å²) in [4.78, 5) is 40.5. The third-order valence-corrected chi connectivity index (χ3v) is 4.47. The Balaban J connectivity index is 2.21. The summed E-state index contributed by atoms with van der Waals surface area (Å²) in [5, 5.41) is 13.1. The molecule has 0 aliphatic carbocycles. The van der Waals surface area contributed by atoms with Crippen molar-refractivity contribution in [1.29, 1.82) is 0 Å². The number of nitrogens with zero attached hydrogens (tertiary/aromatic N) is 3. The summed E-state index contributed by atoms with van der Waals surface area (Å²) in [6, 6.07) is 5.57. The Morgan fingerprint density at radius 1 is 1.33 bits per heavy atom. The van der Waals surface area contributed by atoms with Crippen molar-refractivity contribution in [2.24, 2.45) is 0 Å². The van der Waals surface area contributed by atoms with E-state index >= 15 is 0 Å². The van der Waals surface area contributed by atoms with Crippen molar-refractivity contribution in [2.75, 3.05) is 27.4 Å². The third kappa shape index (κ3) is 5.56. The second-order valence-electron chi connectivity index (χ2n) is 5.50. The Morgan fingerprint density at radius 3 is 2.78 bits per heavy atom. The smallest absolute Gasteiger partial charge is 0.357 e. The van der Waals surface area contributed by atoms with Gasteiger partial charge in [-0.05, 0) is 12.5 Å². The van der Waals surface area contributed by atoms with E-state index < -0.39 is 10.9 Å². The number of nitro benzene ring substituents is 1. The predicted octanol–water partition coefficient (Wildman–Crippen LogP) is 2.52. The standard InChI is InChI=1S/C17H19N3O6S/c1-25-8-4-7-19(10-15-18-14(11-27-15)17(22)26-2)16(21)12-5-3-6-13(9-12)20(23)24/h3,5-6,9,11H,4,7-8,10H2,1-2H3. The van der Waals surface area contributed by atoms with Crippen molar-refractivity contribution in [3.8, 4) is 0 Å². The van der Waals surface area contributed by atoms with Crippen LogP contribution >= 0.6 is 11.3 Å². The van der Waals surface area contributed by atoms with Crippen molar-refractivity contribution in [3.63, 3.8) is 0 Å². The Bertz CT molecular complexity index is 823. The zero-order chi connectivity index (χ0) is 19.8. The molecule has 0 aliphatic rings. The van der Waals surface area contributed by atoms with Gasteiger partial charge in [-0.25, -0.2) is 9.78 Å². The molecule has 144 valence electrons. The second kappa shape index (κ2) is 9.74. The van der Waals surface area contributed by atoms with E-state index in [4.69, 9.17) is 4.74 Å². The molecule has 0 saturated carbocycles. The normalized spacial score (nSPS) is 10.4. The van der Waals surface area contributed by atoms with E-state index in [0.717, 1.165) is 0 Å². The number of nitro groups is 1. The van der Waals surface area contributed by atoms with Crippen LogP contribution in [-0.2, 0) is 16.0 Å². The van der Waals surface area contributed by atoms with Crippen LogP contribution in [0.4, 0.5) is 5.69 Å². The van der Waals surface area contributed by atoms with Crippen molar-refractivity contribution >= 4 is 28.9 Å². The number of methoxy groups -OCH3 is 2. The highest BCUT2D eigenvalue weighted by atomic mass is 32.1. The minimum absolute atomic E-state index is 0.153. The molecule has 0 bridgehead atoms. The molecule has 27 heavy (non-hydrogen) atoms. The molecule has 1 amide bonds. The van der Waals surface area contributed by atoms with Crippen LogP contribution in [0.2, 0.25) is 0 Å². The molecule has 0 saturated heterocycles. The van der Waals surface area contributed by atoms with Crippen molar-refractivity contribution < 1.29 is 24.0 Å². The van der Waals surface area contributed by atoms with Crippen molar-refractivity contribution in [1.82, 2.24) is 9.88 Å². The van der Waals surface area contributed by atoms with Crippen LogP contribution in [0.3, 0.4) is 0 Å². The van der Waals surface area contributed by atoms with Crippen LogP contribution < -0.4 is 0 Å². The van der Waals surface area contributed by atoms with E-state index in [1.54, 1.807) is 12.5 Å². The monoisotopic (exact) mass is 393 g/mol. The summed E-state index contributed by atoms with van der Waals surface area (Å²) in [5.41, 5.74) is 0.239. The summed E-state index contributed by atoms with van der Waals surface area (Å²) >= 11 is 1.24. The molecule has 2 rings (SSSR count). The number of amides is 1. The molecule has 9 nitrogen and oxygen atoms in total. The fraction of sp³-hybridized carbons (Fsp3) is 0.353. The number of hydrogen-bond acceptors (Lipinski definition) is 8. The minimum Gasteiger partial charge on any atom is -0.464 e. The number of carbonyl (C=O) groups excluding carboxylic acids is 2. The van der Waals surface area contributed by atoms with Crippen LogP contribution in [0.25, 0.3) is 0 Å². The number of thiazole rings is 1. The number of ether oxygens (including phenoxy) is 2. The van der Waals surface area contributed by atoms with Crippen LogP contribution in [-0.4, -0.2) is 54.1 Å². The van der Waals surface area contributed by atoms with E-state index in [1.165, 1.54) is 47.6 Å². The van der Waals surface area contributed by atoms with Gasteiger partial charge in [-0.1, -0.05) is 6.07 Å². The third-order valence-electron chi connectivity index (χ3n) is 3.64. The minimum atomic E-state index is -0.548. The van der Waals surface area contributed by atoms with Crippen LogP contribution in [0.1, 0.15) is 32.3 Å². The van der Waals surface area contributed by atoms with Gasteiger partial charge in [0, 0.05) is 43.3 Å². The maximum atomic E-state index is 12.9. The number of hydrogen-bond donors (Lipinski definition) is 0. The first-order valence-electron chi connectivity index (χ1n) is 8.01. The highest BCUT2D eigenvalue weighted by Crippen LogP contribution is 2.18. The summed E-state index contributed by atoms with van der Waals surface area (Å²) in [7, 11) is 2.83. The molecule has 10 heteroatoms. The van der Waals surface area contributed by atoms with Gasteiger partial charge in [-0.15, -0.1) is 11.3 Å². The van der Waals surface area contributed by atoms with Gasteiger partial charge in [0.15, 0.2) is 5.69 Å². The number of carbonyl (C=O) groups is 2. The molecular formula is C17H19N3O6S. The Labute approximate surface area is 159 Å². The van der Waals surface area contributed by atoms with Gasteiger partial charge in [0.25, 0.3) is 11.6 Å². The van der Waals surface area contributed by atoms with Crippen molar-refractivity contribution in [2.45, 2.75) is 13.0 Å². The fourth-order valence-corrected chi connectivity index (χ4v) is 3.11. The highest BCUT2D eigenvalue weighted by molar-refractivity contribution is 7.09. The SMILES string of the molecule is COCCCN(Cc1nc(C(=O)OC)cs1)C(=O)c1cccc([N+](=O)[O-])c1. The number of rotatable bonds is 9. The summed E-state index contributed by atoms with van der Waals surface area (Å²) in [6.45, 7) is 1.01. The Hall–Kier alpha value is -2.85. The zero-order valence-electron chi connectivity index (χ0n) is 14.9. The average Bonchev–Trinajstić information content (AvgIpc) is 3.15. The van der Waals surface area contributed by atoms with Gasteiger partial charge in [0.2, 0.25) is 0 Å². The lowest BCUT2D eigenvalue weighted by Crippen LogP contribution is -2.32. The lowest BCUT2D eigenvalue weighted by molar-refractivity contribution is -0.384. The predicted molar refractivity (Wildman–Crippen MR) is 97.8 cm³/mol. The molecule has 0 radical (unpaired) electrons. The number of aromatic nitrogens is 1. The summed E-state index contributed by atoms with van der Waals surface area (Å²) in [5.74, 6) is -0.905. The zero-order valence-corrected chi connectivity index (χ0v) is 15.7. The Morgan fingerprint density at radius 2 is 2.11 bits per heavy atom. The molecule has 0 N–H and O–H groups in total. The highest BCUT2D eigenvalue weighted by Gasteiger charge is 2.20. The first-order valence-corrected chi connectivity index (χ1v) is 8.89. The van der Waals surface area contributed by atoms with Gasteiger partial charge in [0.1, 0.15) is 5.01 Å². The molecule has 0 atom stereocenters. The summed E-state index contributed by atoms with van der Waals surface area (Å²) < 4.78 is 9.66. The van der Waals surface area contributed by atoms with Gasteiger partial charge >= 0.3 is 5.97 Å². The molecule has 0 aliphatic heterocycles. The average molecular weight is 393 g/mol. The molecule has 1 aromatic heterocycles. The molecule has 1 heterocycles. The fourth-order valence-electron chi connectivity index (χ4n) is 2.33. The van der Waals surface area contributed by atoms with E-state index in [9.17, 15) is 19.7 Å². The number of non-ortho nitro benzene ring substituents is 1. The van der Waals surface area contributed by atoms with Gasteiger partial charge < -0.3 is 14.4 Å². The first-order chi connectivity index (χ1) is 13.0. The van der Waals surface area contributed by atoms with E-state index in [0.29, 0.717) is 24.6 Å². The lowest BCUT2D eigenvalue weighted by atomic mass is 10.1. The topological polar surface area (TPSA) is 112 Å². The van der Waals surface area contributed by atoms with Gasteiger partial charge in [0.05, 0.1) is 18.6 Å². The molecule has 1 aromatic carbocycles. The number of esters is 1. The molecule has 0 fully saturated rings. The van der Waals surface area contributed by atoms with Gasteiger partial charge in [-0.2, -0.15) is 0 Å². The maximum Gasteiger partial charge on any atom is 0.357 e. The van der Waals surface area contributed by atoms with E-state index in [2.05, 4.69) is 9.72 Å². The quantitative estimate of drug-likeness (QED) is 0.278. The molecule has 0 unspecified atom stereocenters. The molecule has 2 aromatic rings. The van der Waals surface area contributed by atoms with E-state index in [1.807, 2.05) is 0 Å². The first kappa shape index (κ1) is 20.5. The summed E-state index contributed by atoms with van der Waals surface area (Å²) in [6.07, 6.45) is 0.590. The van der Waals surface area contributed by atoms with E-state index in [-0.39, 0.29) is 29.4 Å². The second-order valence-corrected chi connectivity index (χ2v) is 6.44. The molecular weight excluding hydrogens is 374 g/mol. The van der Waals surface area contributed by atoms with Gasteiger partial charge in [-0.3, -0.25) is 14.9 Å². The van der Waals surface area contributed by atoms with Crippen LogP contribution in [0, 0.1) is 10.1 Å². The van der Waals surface area contributed by atoms with Crippen LogP contribution in [0.15, 0.2) is 29.6 Å². The van der Waals surface area contributed by atoms with Crippen LogP contribution in [0.5, 0.6) is 0 Å². The number of benzene rings is 1.